The van der Waals surface area contributed by atoms with Gasteiger partial charge in [0, 0.05) is 13.0 Å². The molecular formula is C41H82N16O9. The van der Waals surface area contributed by atoms with Crippen molar-refractivity contribution in [1.29, 1.82) is 0 Å². The number of carbonyl (C=O) groups is 8. The summed E-state index contributed by atoms with van der Waals surface area (Å²) in [5, 5.41) is 25.5. The van der Waals surface area contributed by atoms with Gasteiger partial charge in [-0.3, -0.25) is 38.6 Å². The summed E-state index contributed by atoms with van der Waals surface area (Å²) in [6.07, 6.45) is 5.10. The van der Waals surface area contributed by atoms with Gasteiger partial charge in [0.25, 0.3) is 0 Å². The van der Waals surface area contributed by atoms with Crippen molar-refractivity contribution in [1.82, 2.24) is 31.9 Å². The summed E-state index contributed by atoms with van der Waals surface area (Å²) in [6.45, 7) is 1.72. The molecule has 0 aromatic rings. The van der Waals surface area contributed by atoms with E-state index in [9.17, 15) is 43.5 Å². The first-order valence-corrected chi connectivity index (χ1v) is 23.1. The van der Waals surface area contributed by atoms with Crippen molar-refractivity contribution in [3.05, 3.63) is 0 Å². The summed E-state index contributed by atoms with van der Waals surface area (Å²) in [7, 11) is 0. The van der Waals surface area contributed by atoms with Gasteiger partial charge < -0.3 is 88.6 Å². The van der Waals surface area contributed by atoms with Crippen LogP contribution >= 0.6 is 0 Å². The molecule has 0 aromatic carbocycles. The zero-order valence-electron chi connectivity index (χ0n) is 38.6. The van der Waals surface area contributed by atoms with Crippen molar-refractivity contribution in [2.45, 2.75) is 164 Å². The number of unbranched alkanes of at least 4 members (excludes halogenated alkanes) is 5. The van der Waals surface area contributed by atoms with Gasteiger partial charge in [-0.1, -0.05) is 6.42 Å². The van der Waals surface area contributed by atoms with Gasteiger partial charge in [-0.25, -0.2) is 4.79 Å². The number of carboxylic acids is 1. The first-order chi connectivity index (χ1) is 31.4. The molecule has 0 bridgehead atoms. The molecule has 66 heavy (non-hydrogen) atoms. The number of aliphatic imine (C=N–C) groups is 1. The van der Waals surface area contributed by atoms with Crippen molar-refractivity contribution in [2.24, 2.45) is 56.6 Å². The van der Waals surface area contributed by atoms with E-state index in [0.29, 0.717) is 90.3 Å². The molecule has 7 amide bonds. The molecule has 0 saturated carbocycles. The molecule has 0 aliphatic carbocycles. The Bertz CT molecular complexity index is 1500. The van der Waals surface area contributed by atoms with Crippen molar-refractivity contribution in [2.75, 3.05) is 39.3 Å². The molecule has 0 unspecified atom stereocenters. The third kappa shape index (κ3) is 28.0. The maximum Gasteiger partial charge on any atom is 0.326 e. The second-order valence-electron chi connectivity index (χ2n) is 16.2. The van der Waals surface area contributed by atoms with Gasteiger partial charge in [-0.2, -0.15) is 0 Å². The van der Waals surface area contributed by atoms with E-state index in [2.05, 4.69) is 36.9 Å². The van der Waals surface area contributed by atoms with Crippen LogP contribution in [-0.4, -0.2) is 140 Å². The predicted octanol–water partition coefficient (Wildman–Crippen LogP) is -4.73. The number of hydrogen-bond acceptors (Lipinski definition) is 15. The largest absolute Gasteiger partial charge is 0.480 e. The number of nitrogens with zero attached hydrogens (tertiary/aromatic N) is 1. The van der Waals surface area contributed by atoms with Gasteiger partial charge in [-0.15, -0.1) is 0 Å². The molecule has 7 atom stereocenters. The van der Waals surface area contributed by atoms with Crippen molar-refractivity contribution in [3.8, 4) is 0 Å². The number of amides is 7. The zero-order chi connectivity index (χ0) is 49.9. The Labute approximate surface area is 388 Å². The topological polar surface area (TPSA) is 476 Å². The number of primary amides is 1. The molecule has 0 fully saturated rings. The third-order valence-electron chi connectivity index (χ3n) is 10.5. The van der Waals surface area contributed by atoms with E-state index in [1.807, 2.05) is 0 Å². The van der Waals surface area contributed by atoms with E-state index >= 15 is 0 Å². The maximum absolute atomic E-state index is 14.1. The molecule has 25 heteroatoms. The summed E-state index contributed by atoms with van der Waals surface area (Å²) >= 11 is 0. The molecule has 0 heterocycles. The van der Waals surface area contributed by atoms with Crippen molar-refractivity contribution < 1.29 is 43.5 Å². The van der Waals surface area contributed by atoms with Crippen LogP contribution in [0.5, 0.6) is 0 Å². The van der Waals surface area contributed by atoms with Gasteiger partial charge in [0.1, 0.15) is 36.3 Å². The van der Waals surface area contributed by atoms with Crippen LogP contribution in [0, 0.1) is 0 Å². The van der Waals surface area contributed by atoms with E-state index in [-0.39, 0.29) is 77.0 Å². The number of aliphatic carboxylic acids is 1. The Hall–Kier alpha value is -5.21. The van der Waals surface area contributed by atoms with Gasteiger partial charge in [0.2, 0.25) is 41.4 Å². The SMILES string of the molecule is NCCCC[C@H](NC(=O)[C@H](CCCN=C(N)N)NC(=O)[C@H](CCCCN)NC(=O)[C@H](CCC(N)=O)NC(=O)[C@H](CCCCN)NC(=O)[C@H](CCCCN)NC(=O)[C@@H](N)CCCCN)C(=O)O. The minimum Gasteiger partial charge on any atom is -0.480 e. The lowest BCUT2D eigenvalue weighted by Crippen LogP contribution is -2.59. The second kappa shape index (κ2) is 36.9. The average Bonchev–Trinajstić information content (AvgIpc) is 3.26. The Morgan fingerprint density at radius 3 is 1.00 bits per heavy atom. The molecule has 25 nitrogen and oxygen atoms in total. The second-order valence-corrected chi connectivity index (χ2v) is 16.2. The van der Waals surface area contributed by atoms with Gasteiger partial charge in [0.05, 0.1) is 6.04 Å². The number of nitrogens with two attached hydrogens (primary N) is 9. The quantitative estimate of drug-likeness (QED) is 0.0156. The normalized spacial score (nSPS) is 14.2. The van der Waals surface area contributed by atoms with E-state index in [1.165, 1.54) is 0 Å². The number of guanidine groups is 1. The van der Waals surface area contributed by atoms with Crippen LogP contribution in [-0.2, 0) is 38.4 Å². The van der Waals surface area contributed by atoms with E-state index in [4.69, 9.17) is 51.6 Å². The summed E-state index contributed by atoms with van der Waals surface area (Å²) in [6, 6.07) is -8.59. The lowest BCUT2D eigenvalue weighted by Gasteiger charge is -2.28. The minimum atomic E-state index is -1.46. The molecule has 0 radical (unpaired) electrons. The molecule has 380 valence electrons. The molecule has 0 rings (SSSR count). The number of nitrogens with one attached hydrogen (secondary N) is 6. The van der Waals surface area contributed by atoms with Crippen LogP contribution in [0.25, 0.3) is 0 Å². The molecule has 0 aliphatic heterocycles. The van der Waals surface area contributed by atoms with Gasteiger partial charge in [0.15, 0.2) is 5.96 Å². The van der Waals surface area contributed by atoms with Crippen LogP contribution in [0.2, 0.25) is 0 Å². The van der Waals surface area contributed by atoms with Crippen molar-refractivity contribution in [3.63, 3.8) is 0 Å². The smallest absolute Gasteiger partial charge is 0.326 e. The lowest BCUT2D eigenvalue weighted by atomic mass is 10.0. The van der Waals surface area contributed by atoms with Crippen LogP contribution in [0.3, 0.4) is 0 Å². The monoisotopic (exact) mass is 943 g/mol. The van der Waals surface area contributed by atoms with Gasteiger partial charge in [-0.05, 0) is 142 Å². The Morgan fingerprint density at radius 2 is 0.682 bits per heavy atom. The fourth-order valence-corrected chi connectivity index (χ4v) is 6.64. The maximum atomic E-state index is 14.1. The van der Waals surface area contributed by atoms with Crippen LogP contribution < -0.4 is 83.5 Å². The summed E-state index contributed by atoms with van der Waals surface area (Å²) in [5.41, 5.74) is 50.6. The molecule has 0 aliphatic rings. The standard InChI is InChI=1S/C41H82N16O9/c42-20-6-1-12-26(47)34(59)52-27(13-2-7-21-43)35(60)53-29(15-4-9-23-45)37(62)56-31(18-19-33(48)58)39(64)54-28(14-3-8-22-44)36(61)55-30(17-11-25-51-41(49)50)38(63)57-32(40(65)66)16-5-10-24-46/h26-32H,1-25,42-47H2,(H2,48,58)(H,52,59)(H,53,60)(H,54,64)(H,55,61)(H,56,62)(H,57,63)(H,65,66)(H4,49,50,51)/t26-,27-,28-,29-,30-,31-,32-/m0/s1. The first kappa shape index (κ1) is 60.8. The highest BCUT2D eigenvalue weighted by molar-refractivity contribution is 5.97. The Kier molecular flexibility index (Phi) is 34.0. The van der Waals surface area contributed by atoms with E-state index in [0.717, 1.165) is 0 Å². The third-order valence-corrected chi connectivity index (χ3v) is 10.5. The van der Waals surface area contributed by atoms with Crippen LogP contribution in [0.15, 0.2) is 4.99 Å². The molecule has 0 aromatic heterocycles. The summed E-state index contributed by atoms with van der Waals surface area (Å²) in [5.74, 6) is -6.83. The highest BCUT2D eigenvalue weighted by Gasteiger charge is 2.33. The number of carboxylic acid groups (broad SMARTS) is 1. The fourth-order valence-electron chi connectivity index (χ4n) is 6.64. The predicted molar refractivity (Wildman–Crippen MR) is 250 cm³/mol. The summed E-state index contributed by atoms with van der Waals surface area (Å²) in [4.78, 5) is 110. The van der Waals surface area contributed by atoms with Crippen LogP contribution in [0.4, 0.5) is 0 Å². The zero-order valence-corrected chi connectivity index (χ0v) is 38.6. The Balaban J connectivity index is 6.62. The number of rotatable bonds is 40. The van der Waals surface area contributed by atoms with E-state index in [1.54, 1.807) is 0 Å². The minimum absolute atomic E-state index is 0.0240. The van der Waals surface area contributed by atoms with Gasteiger partial charge >= 0.3 is 5.97 Å². The van der Waals surface area contributed by atoms with E-state index < -0.39 is 89.6 Å². The molecular weight excluding hydrogens is 861 g/mol. The molecule has 25 N–H and O–H groups in total. The highest BCUT2D eigenvalue weighted by atomic mass is 16.4. The summed E-state index contributed by atoms with van der Waals surface area (Å²) < 4.78 is 0. The van der Waals surface area contributed by atoms with Crippen LogP contribution in [0.1, 0.15) is 122 Å². The molecule has 0 spiro atoms. The van der Waals surface area contributed by atoms with Crippen molar-refractivity contribution >= 4 is 53.3 Å². The molecule has 0 saturated heterocycles. The Morgan fingerprint density at radius 1 is 0.394 bits per heavy atom. The fraction of sp³-hybridized carbons (Fsp3) is 0.780. The first-order valence-electron chi connectivity index (χ1n) is 23.1. The average molecular weight is 943 g/mol. The number of carbonyl (C=O) groups excluding carboxylic acids is 7. The highest BCUT2D eigenvalue weighted by Crippen LogP contribution is 2.11. The lowest BCUT2D eigenvalue weighted by molar-refractivity contribution is -0.142. The number of hydrogen-bond donors (Lipinski definition) is 16.